The van der Waals surface area contributed by atoms with Crippen molar-refractivity contribution >= 4 is 46.8 Å². The average Bonchev–Trinajstić information content (AvgIpc) is 3.01. The van der Waals surface area contributed by atoms with Crippen LogP contribution in [0, 0.1) is 25.2 Å². The van der Waals surface area contributed by atoms with Crippen LogP contribution in [-0.2, 0) is 4.79 Å². The van der Waals surface area contributed by atoms with E-state index in [4.69, 9.17) is 28.3 Å². The summed E-state index contributed by atoms with van der Waals surface area (Å²) >= 11 is 12.5. The fraction of sp³-hybridized carbons (Fsp3) is 0.0870. The van der Waals surface area contributed by atoms with Crippen LogP contribution in [0.15, 0.2) is 54.1 Å². The van der Waals surface area contributed by atoms with Gasteiger partial charge in [0.05, 0.1) is 16.3 Å². The van der Waals surface area contributed by atoms with Gasteiger partial charge in [0.25, 0.3) is 5.91 Å². The number of aromatic nitrogens is 1. The number of hydrogen-bond donors (Lipinski definition) is 2. The van der Waals surface area contributed by atoms with Crippen molar-refractivity contribution in [2.75, 3.05) is 5.32 Å². The number of carbonyl (C=O) groups is 2. The van der Waals surface area contributed by atoms with E-state index in [1.807, 2.05) is 30.6 Å². The third-order valence-corrected chi connectivity index (χ3v) is 5.21. The molecule has 0 spiro atoms. The molecule has 0 bridgehead atoms. The van der Waals surface area contributed by atoms with Crippen LogP contribution in [0.4, 0.5) is 5.69 Å². The molecule has 0 aliphatic rings. The van der Waals surface area contributed by atoms with Gasteiger partial charge in [-0.2, -0.15) is 5.26 Å². The van der Waals surface area contributed by atoms with Crippen molar-refractivity contribution in [2.24, 2.45) is 0 Å². The molecule has 0 saturated heterocycles. The molecule has 0 radical (unpaired) electrons. The molecule has 0 aliphatic heterocycles. The van der Waals surface area contributed by atoms with Crippen LogP contribution in [0.2, 0.25) is 10.0 Å². The molecule has 2 N–H and O–H groups in total. The molecule has 3 rings (SSSR count). The quantitative estimate of drug-likeness (QED) is 0.385. The molecule has 0 aliphatic carbocycles. The Bertz CT molecular complexity index is 1270. The molecule has 3 aromatic rings. The second kappa shape index (κ2) is 9.09. The highest BCUT2D eigenvalue weighted by Crippen LogP contribution is 2.30. The zero-order valence-electron chi connectivity index (χ0n) is 16.6. The minimum Gasteiger partial charge on any atom is -0.478 e. The summed E-state index contributed by atoms with van der Waals surface area (Å²) in [7, 11) is 0. The summed E-state index contributed by atoms with van der Waals surface area (Å²) in [6, 6.07) is 14.7. The third kappa shape index (κ3) is 4.80. The Morgan fingerprint density at radius 2 is 1.87 bits per heavy atom. The van der Waals surface area contributed by atoms with Gasteiger partial charge >= 0.3 is 5.97 Å². The Labute approximate surface area is 188 Å². The number of carboxylic acids is 1. The van der Waals surface area contributed by atoms with Gasteiger partial charge < -0.3 is 15.0 Å². The number of hydrogen-bond acceptors (Lipinski definition) is 3. The molecular formula is C23H17Cl2N3O3. The molecule has 1 amide bonds. The molecule has 2 aromatic carbocycles. The molecule has 156 valence electrons. The zero-order valence-corrected chi connectivity index (χ0v) is 18.1. The highest BCUT2D eigenvalue weighted by Gasteiger charge is 2.16. The van der Waals surface area contributed by atoms with Gasteiger partial charge in [-0.05, 0) is 68.0 Å². The van der Waals surface area contributed by atoms with E-state index in [1.165, 1.54) is 24.3 Å². The number of carbonyl (C=O) groups excluding carboxylic acids is 1. The van der Waals surface area contributed by atoms with Gasteiger partial charge in [-0.3, -0.25) is 4.79 Å². The Balaban J connectivity index is 1.95. The maximum absolute atomic E-state index is 12.6. The van der Waals surface area contributed by atoms with Crippen molar-refractivity contribution in [1.29, 1.82) is 5.26 Å². The Morgan fingerprint density at radius 1 is 1.13 bits per heavy atom. The van der Waals surface area contributed by atoms with Crippen LogP contribution >= 0.6 is 23.2 Å². The number of benzene rings is 2. The molecule has 0 saturated carbocycles. The van der Waals surface area contributed by atoms with E-state index in [-0.39, 0.29) is 16.8 Å². The number of anilines is 1. The van der Waals surface area contributed by atoms with Gasteiger partial charge in [0, 0.05) is 22.1 Å². The van der Waals surface area contributed by atoms with Crippen LogP contribution in [0.3, 0.4) is 0 Å². The summed E-state index contributed by atoms with van der Waals surface area (Å²) in [5, 5.41) is 22.2. The third-order valence-electron chi connectivity index (χ3n) is 4.65. The van der Waals surface area contributed by atoms with E-state index < -0.39 is 11.9 Å². The van der Waals surface area contributed by atoms with Crippen molar-refractivity contribution in [1.82, 2.24) is 4.57 Å². The summed E-state index contributed by atoms with van der Waals surface area (Å²) in [4.78, 5) is 23.7. The predicted molar refractivity (Wildman–Crippen MR) is 121 cm³/mol. The minimum atomic E-state index is -1.11. The lowest BCUT2D eigenvalue weighted by Gasteiger charge is -2.12. The van der Waals surface area contributed by atoms with Crippen molar-refractivity contribution in [3.05, 3.63) is 86.7 Å². The number of nitrogens with zero attached hydrogens (tertiary/aromatic N) is 2. The van der Waals surface area contributed by atoms with Crippen LogP contribution in [0.25, 0.3) is 11.8 Å². The van der Waals surface area contributed by atoms with E-state index in [0.29, 0.717) is 21.3 Å². The molecule has 0 fully saturated rings. The average molecular weight is 454 g/mol. The van der Waals surface area contributed by atoms with E-state index >= 15 is 0 Å². The van der Waals surface area contributed by atoms with Crippen LogP contribution < -0.4 is 5.32 Å². The van der Waals surface area contributed by atoms with Crippen molar-refractivity contribution in [3.8, 4) is 11.8 Å². The van der Waals surface area contributed by atoms with Gasteiger partial charge in [0.15, 0.2) is 0 Å². The SMILES string of the molecule is Cc1cc(/C=C(/C#N)C(=O)Nc2cccc(C(=O)O)c2)c(C)n1-c1cc(Cl)ccc1Cl. The lowest BCUT2D eigenvalue weighted by Crippen LogP contribution is -2.14. The first-order valence-electron chi connectivity index (χ1n) is 9.12. The Kier molecular flexibility index (Phi) is 6.50. The summed E-state index contributed by atoms with van der Waals surface area (Å²) < 4.78 is 1.89. The van der Waals surface area contributed by atoms with Crippen LogP contribution in [-0.4, -0.2) is 21.6 Å². The predicted octanol–water partition coefficient (Wildman–Crippen LogP) is 5.64. The molecule has 0 atom stereocenters. The smallest absolute Gasteiger partial charge is 0.335 e. The van der Waals surface area contributed by atoms with E-state index in [2.05, 4.69) is 5.32 Å². The van der Waals surface area contributed by atoms with E-state index in [0.717, 1.165) is 11.4 Å². The first-order valence-corrected chi connectivity index (χ1v) is 9.87. The van der Waals surface area contributed by atoms with Crippen molar-refractivity contribution in [3.63, 3.8) is 0 Å². The summed E-state index contributed by atoms with van der Waals surface area (Å²) in [5.41, 5.74) is 3.16. The summed E-state index contributed by atoms with van der Waals surface area (Å²) in [6.45, 7) is 3.73. The largest absolute Gasteiger partial charge is 0.478 e. The lowest BCUT2D eigenvalue weighted by atomic mass is 10.1. The monoisotopic (exact) mass is 453 g/mol. The number of carboxylic acid groups (broad SMARTS) is 1. The first-order chi connectivity index (χ1) is 14.7. The number of nitriles is 1. The molecule has 1 heterocycles. The molecule has 31 heavy (non-hydrogen) atoms. The molecule has 1 aromatic heterocycles. The lowest BCUT2D eigenvalue weighted by molar-refractivity contribution is -0.112. The van der Waals surface area contributed by atoms with Gasteiger partial charge in [-0.25, -0.2) is 4.79 Å². The van der Waals surface area contributed by atoms with Gasteiger partial charge in [0.1, 0.15) is 11.6 Å². The Morgan fingerprint density at radius 3 is 2.55 bits per heavy atom. The molecule has 8 heteroatoms. The number of halogens is 2. The maximum Gasteiger partial charge on any atom is 0.335 e. The highest BCUT2D eigenvalue weighted by atomic mass is 35.5. The summed E-state index contributed by atoms with van der Waals surface area (Å²) in [6.07, 6.45) is 1.48. The molecular weight excluding hydrogens is 437 g/mol. The Hall–Kier alpha value is -3.53. The number of amides is 1. The van der Waals surface area contributed by atoms with Crippen molar-refractivity contribution in [2.45, 2.75) is 13.8 Å². The fourth-order valence-corrected chi connectivity index (χ4v) is 3.56. The number of aromatic carboxylic acids is 1. The maximum atomic E-state index is 12.6. The zero-order chi connectivity index (χ0) is 22.7. The summed E-state index contributed by atoms with van der Waals surface area (Å²) in [5.74, 6) is -1.75. The van der Waals surface area contributed by atoms with Gasteiger partial charge in [-0.15, -0.1) is 0 Å². The fourth-order valence-electron chi connectivity index (χ4n) is 3.19. The second-order valence-electron chi connectivity index (χ2n) is 6.77. The number of rotatable bonds is 5. The first kappa shape index (κ1) is 22.2. The highest BCUT2D eigenvalue weighted by molar-refractivity contribution is 6.34. The second-order valence-corrected chi connectivity index (χ2v) is 7.61. The normalized spacial score (nSPS) is 11.1. The molecule has 0 unspecified atom stereocenters. The van der Waals surface area contributed by atoms with Gasteiger partial charge in [-0.1, -0.05) is 29.3 Å². The van der Waals surface area contributed by atoms with Crippen molar-refractivity contribution < 1.29 is 14.7 Å². The van der Waals surface area contributed by atoms with Crippen LogP contribution in [0.1, 0.15) is 27.3 Å². The van der Waals surface area contributed by atoms with Gasteiger partial charge in [0.2, 0.25) is 0 Å². The molecule has 6 nitrogen and oxygen atoms in total. The standard InChI is InChI=1S/C23H17Cl2N3O3/c1-13-8-16(14(2)28(13)21-11-18(24)6-7-20(21)25)9-17(12-26)22(29)27-19-5-3-4-15(10-19)23(30)31/h3-11H,1-2H3,(H,27,29)(H,30,31)/b17-9-. The number of nitrogens with one attached hydrogen (secondary N) is 1. The van der Waals surface area contributed by atoms with E-state index in [9.17, 15) is 14.9 Å². The van der Waals surface area contributed by atoms with E-state index in [1.54, 1.807) is 24.3 Å². The van der Waals surface area contributed by atoms with Crippen LogP contribution in [0.5, 0.6) is 0 Å². The minimum absolute atomic E-state index is 0.0298. The number of aryl methyl sites for hydroxylation is 1. The topological polar surface area (TPSA) is 95.1 Å².